The van der Waals surface area contributed by atoms with Crippen LogP contribution in [-0.2, 0) is 9.53 Å². The highest BCUT2D eigenvalue weighted by Gasteiger charge is 2.21. The van der Waals surface area contributed by atoms with Crippen molar-refractivity contribution in [3.05, 3.63) is 29.8 Å². The van der Waals surface area contributed by atoms with Crippen LogP contribution in [0.25, 0.3) is 0 Å². The number of hydrogen-bond acceptors (Lipinski definition) is 4. The highest BCUT2D eigenvalue weighted by Crippen LogP contribution is 2.20. The van der Waals surface area contributed by atoms with Gasteiger partial charge < -0.3 is 9.47 Å². The normalized spacial score (nSPS) is 11.4. The number of terminal acetylenes is 1. The van der Waals surface area contributed by atoms with Gasteiger partial charge in [0, 0.05) is 0 Å². The van der Waals surface area contributed by atoms with E-state index in [0.29, 0.717) is 19.8 Å². The molecule has 4 nitrogen and oxygen atoms in total. The van der Waals surface area contributed by atoms with Gasteiger partial charge in [0.25, 0.3) is 0 Å². The van der Waals surface area contributed by atoms with E-state index in [4.69, 9.17) is 15.9 Å². The van der Waals surface area contributed by atoms with E-state index in [1.807, 2.05) is 31.2 Å². The predicted molar refractivity (Wildman–Crippen MR) is 73.8 cm³/mol. The molecule has 0 saturated heterocycles. The zero-order valence-corrected chi connectivity index (χ0v) is 11.3. The van der Waals surface area contributed by atoms with Gasteiger partial charge in [0.15, 0.2) is 0 Å². The van der Waals surface area contributed by atoms with Gasteiger partial charge in [-0.05, 0) is 31.5 Å². The van der Waals surface area contributed by atoms with Crippen molar-refractivity contribution in [1.82, 2.24) is 5.32 Å². The Morgan fingerprint density at radius 1 is 1.42 bits per heavy atom. The van der Waals surface area contributed by atoms with Crippen LogP contribution in [0.1, 0.15) is 25.5 Å². The lowest BCUT2D eigenvalue weighted by molar-refractivity contribution is -0.145. The molecule has 0 radical (unpaired) electrons. The number of benzene rings is 1. The lowest BCUT2D eigenvalue weighted by Gasteiger charge is -2.17. The van der Waals surface area contributed by atoms with Gasteiger partial charge in [-0.3, -0.25) is 5.32 Å². The molecule has 0 fully saturated rings. The number of esters is 1. The van der Waals surface area contributed by atoms with Gasteiger partial charge in [-0.1, -0.05) is 18.1 Å². The maximum absolute atomic E-state index is 11.9. The number of carbonyl (C=O) groups excluding carboxylic acids is 1. The highest BCUT2D eigenvalue weighted by atomic mass is 16.5. The third kappa shape index (κ3) is 4.65. The summed E-state index contributed by atoms with van der Waals surface area (Å²) in [5.74, 6) is 2.83. The largest absolute Gasteiger partial charge is 0.494 e. The molecule has 1 rings (SSSR count). The predicted octanol–water partition coefficient (Wildman–Crippen LogP) is 1.91. The van der Waals surface area contributed by atoms with Gasteiger partial charge >= 0.3 is 5.97 Å². The maximum atomic E-state index is 11.9. The van der Waals surface area contributed by atoms with Crippen molar-refractivity contribution in [2.24, 2.45) is 0 Å². The Bertz CT molecular complexity index is 451. The molecule has 1 N–H and O–H groups in total. The third-order valence-corrected chi connectivity index (χ3v) is 2.43. The summed E-state index contributed by atoms with van der Waals surface area (Å²) in [4.78, 5) is 11.9. The Morgan fingerprint density at radius 2 is 2.21 bits per heavy atom. The molecule has 1 atom stereocenters. The minimum atomic E-state index is -0.573. The molecule has 4 heteroatoms. The second-order valence-electron chi connectivity index (χ2n) is 3.78. The molecule has 0 spiro atoms. The molecule has 1 aromatic rings. The van der Waals surface area contributed by atoms with E-state index < -0.39 is 6.04 Å². The lowest BCUT2D eigenvalue weighted by atomic mass is 10.1. The van der Waals surface area contributed by atoms with Crippen LogP contribution in [0.2, 0.25) is 0 Å². The fourth-order valence-electron chi connectivity index (χ4n) is 1.67. The third-order valence-electron chi connectivity index (χ3n) is 2.43. The first-order valence-electron chi connectivity index (χ1n) is 6.29. The molecule has 1 aromatic carbocycles. The highest BCUT2D eigenvalue weighted by molar-refractivity contribution is 5.77. The van der Waals surface area contributed by atoms with E-state index in [0.717, 1.165) is 11.3 Å². The minimum Gasteiger partial charge on any atom is -0.494 e. The number of hydrogen-bond donors (Lipinski definition) is 1. The second-order valence-corrected chi connectivity index (χ2v) is 3.78. The minimum absolute atomic E-state index is 0.294. The summed E-state index contributed by atoms with van der Waals surface area (Å²) in [5.41, 5.74) is 0.777. The first-order chi connectivity index (χ1) is 9.22. The van der Waals surface area contributed by atoms with Crippen LogP contribution in [-0.4, -0.2) is 25.7 Å². The quantitative estimate of drug-likeness (QED) is 0.601. The van der Waals surface area contributed by atoms with Crippen LogP contribution in [0.3, 0.4) is 0 Å². The van der Waals surface area contributed by atoms with Crippen LogP contribution < -0.4 is 10.1 Å². The number of ether oxygens (including phenoxy) is 2. The summed E-state index contributed by atoms with van der Waals surface area (Å²) >= 11 is 0. The Hall–Kier alpha value is -1.99. The smallest absolute Gasteiger partial charge is 0.327 e. The second kappa shape index (κ2) is 8.17. The molecular weight excluding hydrogens is 242 g/mol. The van der Waals surface area contributed by atoms with Gasteiger partial charge in [-0.25, -0.2) is 4.79 Å². The molecule has 0 heterocycles. The van der Waals surface area contributed by atoms with Crippen LogP contribution >= 0.6 is 0 Å². The summed E-state index contributed by atoms with van der Waals surface area (Å²) in [6.07, 6.45) is 5.22. The molecule has 0 saturated carbocycles. The number of rotatable bonds is 7. The molecule has 19 heavy (non-hydrogen) atoms. The summed E-state index contributed by atoms with van der Waals surface area (Å²) in [5, 5.41) is 2.97. The van der Waals surface area contributed by atoms with Gasteiger partial charge in [0.05, 0.1) is 19.8 Å². The standard InChI is InChI=1S/C15H19NO3/c1-4-10-16-14(15(17)19-6-3)12-8-7-9-13(11-12)18-5-2/h1,7-9,11,14,16H,5-6,10H2,2-3H3. The summed E-state index contributed by atoms with van der Waals surface area (Å²) < 4.78 is 10.5. The van der Waals surface area contributed by atoms with E-state index in [9.17, 15) is 4.79 Å². The average Bonchev–Trinajstić information content (AvgIpc) is 2.40. The van der Waals surface area contributed by atoms with Gasteiger partial charge in [0.2, 0.25) is 0 Å². The topological polar surface area (TPSA) is 47.6 Å². The number of carbonyl (C=O) groups is 1. The van der Waals surface area contributed by atoms with Gasteiger partial charge in [-0.2, -0.15) is 0 Å². The molecule has 1 unspecified atom stereocenters. The van der Waals surface area contributed by atoms with Gasteiger partial charge in [0.1, 0.15) is 11.8 Å². The van der Waals surface area contributed by atoms with E-state index in [-0.39, 0.29) is 5.97 Å². The van der Waals surface area contributed by atoms with Crippen molar-refractivity contribution in [2.75, 3.05) is 19.8 Å². The lowest BCUT2D eigenvalue weighted by Crippen LogP contribution is -2.30. The first kappa shape index (κ1) is 15.1. The van der Waals surface area contributed by atoms with Crippen LogP contribution in [0, 0.1) is 12.3 Å². The molecule has 0 aliphatic carbocycles. The Labute approximate surface area is 114 Å². The van der Waals surface area contributed by atoms with Crippen molar-refractivity contribution >= 4 is 5.97 Å². The van der Waals surface area contributed by atoms with Crippen molar-refractivity contribution in [3.8, 4) is 18.1 Å². The zero-order chi connectivity index (χ0) is 14.1. The summed E-state index contributed by atoms with van der Waals surface area (Å²) in [6.45, 7) is 4.88. The molecule has 102 valence electrons. The molecular formula is C15H19NO3. The molecule has 0 amide bonds. The van der Waals surface area contributed by atoms with E-state index in [1.165, 1.54) is 0 Å². The van der Waals surface area contributed by atoms with Gasteiger partial charge in [-0.15, -0.1) is 6.42 Å². The first-order valence-corrected chi connectivity index (χ1v) is 6.29. The fraction of sp³-hybridized carbons (Fsp3) is 0.400. The summed E-state index contributed by atoms with van der Waals surface area (Å²) in [7, 11) is 0. The summed E-state index contributed by atoms with van der Waals surface area (Å²) in [6, 6.07) is 6.76. The van der Waals surface area contributed by atoms with Crippen molar-refractivity contribution in [2.45, 2.75) is 19.9 Å². The molecule has 0 aliphatic heterocycles. The molecule has 0 bridgehead atoms. The van der Waals surface area contributed by atoms with Crippen LogP contribution in [0.4, 0.5) is 0 Å². The monoisotopic (exact) mass is 261 g/mol. The number of nitrogens with one attached hydrogen (secondary N) is 1. The fourth-order valence-corrected chi connectivity index (χ4v) is 1.67. The van der Waals surface area contributed by atoms with E-state index in [1.54, 1.807) is 6.92 Å². The van der Waals surface area contributed by atoms with Crippen molar-refractivity contribution in [1.29, 1.82) is 0 Å². The maximum Gasteiger partial charge on any atom is 0.327 e. The van der Waals surface area contributed by atoms with Crippen LogP contribution in [0.15, 0.2) is 24.3 Å². The van der Waals surface area contributed by atoms with Crippen molar-refractivity contribution < 1.29 is 14.3 Å². The Kier molecular flexibility index (Phi) is 6.48. The van der Waals surface area contributed by atoms with E-state index in [2.05, 4.69) is 11.2 Å². The average molecular weight is 261 g/mol. The zero-order valence-electron chi connectivity index (χ0n) is 11.3. The molecule has 0 aromatic heterocycles. The molecule has 0 aliphatic rings. The Morgan fingerprint density at radius 3 is 2.84 bits per heavy atom. The SMILES string of the molecule is C#CCNC(C(=O)OCC)c1cccc(OCC)c1. The van der Waals surface area contributed by atoms with Crippen molar-refractivity contribution in [3.63, 3.8) is 0 Å². The Balaban J connectivity index is 2.92. The van der Waals surface area contributed by atoms with E-state index >= 15 is 0 Å². The van der Waals surface area contributed by atoms with Crippen LogP contribution in [0.5, 0.6) is 5.75 Å².